The average Bonchev–Trinajstić information content (AvgIpc) is 2.58. The molecule has 0 aliphatic rings. The lowest BCUT2D eigenvalue weighted by atomic mass is 10.3. The van der Waals surface area contributed by atoms with Crippen LogP contribution >= 0.6 is 0 Å². The number of hydrogen-bond acceptors (Lipinski definition) is 4. The Morgan fingerprint density at radius 2 is 2.12 bits per heavy atom. The van der Waals surface area contributed by atoms with Crippen LogP contribution < -0.4 is 0 Å². The SMILES string of the molecule is CC(O)c1nc2ccc(S(C)(=O)=O)cc2[nH]1. The van der Waals surface area contributed by atoms with Crippen molar-refractivity contribution in [3.63, 3.8) is 0 Å². The third-order valence-electron chi connectivity index (χ3n) is 2.30. The topological polar surface area (TPSA) is 83.1 Å². The summed E-state index contributed by atoms with van der Waals surface area (Å²) in [5.41, 5.74) is 1.25. The van der Waals surface area contributed by atoms with E-state index in [0.29, 0.717) is 16.9 Å². The van der Waals surface area contributed by atoms with Gasteiger partial charge >= 0.3 is 0 Å². The van der Waals surface area contributed by atoms with Gasteiger partial charge in [-0.25, -0.2) is 13.4 Å². The van der Waals surface area contributed by atoms with Gasteiger partial charge in [0.05, 0.1) is 15.9 Å². The van der Waals surface area contributed by atoms with Gasteiger partial charge in [-0.2, -0.15) is 0 Å². The van der Waals surface area contributed by atoms with Gasteiger partial charge in [0.25, 0.3) is 0 Å². The van der Waals surface area contributed by atoms with Gasteiger partial charge in [-0.15, -0.1) is 0 Å². The van der Waals surface area contributed by atoms with E-state index >= 15 is 0 Å². The van der Waals surface area contributed by atoms with Crippen molar-refractivity contribution in [2.24, 2.45) is 0 Å². The standard InChI is InChI=1S/C10H12N2O3S/c1-6(13)10-11-8-4-3-7(16(2,14)15)5-9(8)12-10/h3-6,13H,1-2H3,(H,11,12). The molecule has 1 heterocycles. The molecule has 0 amide bonds. The normalized spacial score (nSPS) is 14.2. The summed E-state index contributed by atoms with van der Waals surface area (Å²) in [5.74, 6) is 0.431. The van der Waals surface area contributed by atoms with Crippen molar-refractivity contribution in [3.8, 4) is 0 Å². The van der Waals surface area contributed by atoms with E-state index in [0.717, 1.165) is 6.26 Å². The van der Waals surface area contributed by atoms with Crippen molar-refractivity contribution in [1.82, 2.24) is 9.97 Å². The van der Waals surface area contributed by atoms with Crippen LogP contribution in [0, 0.1) is 0 Å². The van der Waals surface area contributed by atoms with E-state index in [1.54, 1.807) is 13.0 Å². The van der Waals surface area contributed by atoms with Gasteiger partial charge in [-0.05, 0) is 25.1 Å². The second-order valence-electron chi connectivity index (χ2n) is 3.75. The monoisotopic (exact) mass is 240 g/mol. The van der Waals surface area contributed by atoms with Crippen LogP contribution in [0.2, 0.25) is 0 Å². The van der Waals surface area contributed by atoms with Gasteiger partial charge in [-0.3, -0.25) is 0 Å². The lowest BCUT2D eigenvalue weighted by Crippen LogP contribution is -1.96. The zero-order valence-electron chi connectivity index (χ0n) is 8.93. The summed E-state index contributed by atoms with van der Waals surface area (Å²) >= 11 is 0. The average molecular weight is 240 g/mol. The fourth-order valence-corrected chi connectivity index (χ4v) is 2.08. The van der Waals surface area contributed by atoms with Crippen LogP contribution in [0.4, 0.5) is 0 Å². The summed E-state index contributed by atoms with van der Waals surface area (Å²) in [6.07, 6.45) is 0.453. The first kappa shape index (κ1) is 11.1. The molecular formula is C10H12N2O3S. The molecule has 6 heteroatoms. The molecule has 1 aromatic carbocycles. The summed E-state index contributed by atoms with van der Waals surface area (Å²) in [6, 6.07) is 4.64. The maximum atomic E-state index is 11.3. The van der Waals surface area contributed by atoms with Crippen LogP contribution in [0.15, 0.2) is 23.1 Å². The number of fused-ring (bicyclic) bond motifs is 1. The van der Waals surface area contributed by atoms with Crippen LogP contribution in [0.1, 0.15) is 18.9 Å². The van der Waals surface area contributed by atoms with Crippen molar-refractivity contribution in [2.75, 3.05) is 6.26 Å². The molecule has 0 saturated heterocycles. The molecule has 2 N–H and O–H groups in total. The minimum atomic E-state index is -3.22. The number of hydrogen-bond donors (Lipinski definition) is 2. The minimum absolute atomic E-state index is 0.237. The highest BCUT2D eigenvalue weighted by molar-refractivity contribution is 7.90. The lowest BCUT2D eigenvalue weighted by molar-refractivity contribution is 0.190. The van der Waals surface area contributed by atoms with Crippen molar-refractivity contribution in [1.29, 1.82) is 0 Å². The van der Waals surface area contributed by atoms with Crippen molar-refractivity contribution < 1.29 is 13.5 Å². The highest BCUT2D eigenvalue weighted by Gasteiger charge is 2.11. The van der Waals surface area contributed by atoms with E-state index in [1.165, 1.54) is 12.1 Å². The molecule has 2 rings (SSSR count). The highest BCUT2D eigenvalue weighted by Crippen LogP contribution is 2.19. The minimum Gasteiger partial charge on any atom is -0.385 e. The van der Waals surface area contributed by atoms with Crippen molar-refractivity contribution in [3.05, 3.63) is 24.0 Å². The highest BCUT2D eigenvalue weighted by atomic mass is 32.2. The van der Waals surface area contributed by atoms with Crippen molar-refractivity contribution in [2.45, 2.75) is 17.9 Å². The molecule has 0 saturated carbocycles. The molecule has 1 aromatic heterocycles. The number of rotatable bonds is 2. The van der Waals surface area contributed by atoms with E-state index in [4.69, 9.17) is 0 Å². The number of nitrogens with one attached hydrogen (secondary N) is 1. The van der Waals surface area contributed by atoms with E-state index in [-0.39, 0.29) is 4.90 Å². The maximum Gasteiger partial charge on any atom is 0.175 e. The summed E-state index contributed by atoms with van der Waals surface area (Å²) in [5, 5.41) is 9.34. The van der Waals surface area contributed by atoms with Crippen LogP contribution in [0.3, 0.4) is 0 Å². The van der Waals surface area contributed by atoms with E-state index in [9.17, 15) is 13.5 Å². The zero-order chi connectivity index (χ0) is 11.9. The molecule has 2 aromatic rings. The number of aliphatic hydroxyl groups excluding tert-OH is 1. The van der Waals surface area contributed by atoms with Crippen LogP contribution in [0.5, 0.6) is 0 Å². The van der Waals surface area contributed by atoms with Crippen LogP contribution in [-0.4, -0.2) is 29.7 Å². The first-order valence-corrected chi connectivity index (χ1v) is 6.65. The number of nitrogens with zero attached hydrogens (tertiary/aromatic N) is 1. The van der Waals surface area contributed by atoms with E-state index < -0.39 is 15.9 Å². The molecule has 5 nitrogen and oxygen atoms in total. The Labute approximate surface area is 93.1 Å². The molecule has 16 heavy (non-hydrogen) atoms. The second-order valence-corrected chi connectivity index (χ2v) is 5.76. The Morgan fingerprint density at radius 1 is 1.44 bits per heavy atom. The van der Waals surface area contributed by atoms with E-state index in [2.05, 4.69) is 9.97 Å². The molecular weight excluding hydrogens is 228 g/mol. The molecule has 0 aliphatic heterocycles. The number of aliphatic hydroxyl groups is 1. The number of H-pyrrole nitrogens is 1. The molecule has 0 fully saturated rings. The third kappa shape index (κ3) is 1.94. The van der Waals surface area contributed by atoms with Gasteiger partial charge in [0, 0.05) is 6.26 Å². The second kappa shape index (κ2) is 3.57. The number of sulfone groups is 1. The Balaban J connectivity index is 2.63. The Kier molecular flexibility index (Phi) is 2.47. The van der Waals surface area contributed by atoms with Crippen LogP contribution in [-0.2, 0) is 9.84 Å². The fourth-order valence-electron chi connectivity index (χ4n) is 1.44. The maximum absolute atomic E-state index is 11.3. The predicted octanol–water partition coefficient (Wildman–Crippen LogP) is 1.02. The van der Waals surface area contributed by atoms with Gasteiger partial charge in [0.2, 0.25) is 0 Å². The molecule has 0 spiro atoms. The van der Waals surface area contributed by atoms with Gasteiger partial charge in [0.1, 0.15) is 11.9 Å². The third-order valence-corrected chi connectivity index (χ3v) is 3.41. The smallest absolute Gasteiger partial charge is 0.175 e. The largest absolute Gasteiger partial charge is 0.385 e. The predicted molar refractivity (Wildman–Crippen MR) is 59.8 cm³/mol. The summed E-state index contributed by atoms with van der Waals surface area (Å²) in [4.78, 5) is 7.25. The van der Waals surface area contributed by atoms with Gasteiger partial charge < -0.3 is 10.1 Å². The van der Waals surface area contributed by atoms with Crippen molar-refractivity contribution >= 4 is 20.9 Å². The first-order valence-electron chi connectivity index (χ1n) is 4.76. The number of imidazole rings is 1. The Hall–Kier alpha value is -1.40. The molecule has 86 valence electrons. The number of benzene rings is 1. The van der Waals surface area contributed by atoms with Crippen LogP contribution in [0.25, 0.3) is 11.0 Å². The number of aromatic amines is 1. The molecule has 0 bridgehead atoms. The lowest BCUT2D eigenvalue weighted by Gasteiger charge is -1.96. The van der Waals surface area contributed by atoms with Gasteiger partial charge in [0.15, 0.2) is 9.84 Å². The van der Waals surface area contributed by atoms with E-state index in [1.807, 2.05) is 0 Å². The zero-order valence-corrected chi connectivity index (χ0v) is 9.75. The molecule has 1 atom stereocenters. The fraction of sp³-hybridized carbons (Fsp3) is 0.300. The molecule has 1 unspecified atom stereocenters. The number of aromatic nitrogens is 2. The molecule has 0 aliphatic carbocycles. The van der Waals surface area contributed by atoms with Gasteiger partial charge in [-0.1, -0.05) is 0 Å². The summed E-state index contributed by atoms with van der Waals surface area (Å²) in [7, 11) is -3.22. The molecule has 0 radical (unpaired) electrons. The Morgan fingerprint density at radius 3 is 2.69 bits per heavy atom. The Bertz CT molecular complexity index is 629. The first-order chi connectivity index (χ1) is 7.38. The summed E-state index contributed by atoms with van der Waals surface area (Å²) < 4.78 is 22.7. The summed E-state index contributed by atoms with van der Waals surface area (Å²) in [6.45, 7) is 1.59. The quantitative estimate of drug-likeness (QED) is 0.821.